The van der Waals surface area contributed by atoms with E-state index in [2.05, 4.69) is 20.5 Å². The molecule has 0 atom stereocenters. The molecule has 0 aliphatic rings. The summed E-state index contributed by atoms with van der Waals surface area (Å²) in [6.45, 7) is 0. The lowest BCUT2D eigenvalue weighted by Gasteiger charge is -2.00. The second kappa shape index (κ2) is 8.98. The SMILES string of the molecule is O=C(CCc1nnc(-c2ccccc2)o1)Nc1ncc(Cc2cccc(Cl)c2)s1. The Bertz CT molecular complexity index is 1110. The average molecular weight is 425 g/mol. The Hall–Kier alpha value is -3.03. The molecule has 2 heterocycles. The molecule has 1 N–H and O–H groups in total. The van der Waals surface area contributed by atoms with Crippen molar-refractivity contribution >= 4 is 34.0 Å². The average Bonchev–Trinajstić information content (AvgIpc) is 3.37. The molecule has 1 amide bonds. The molecular formula is C21H17ClN4O2S. The molecule has 0 aliphatic heterocycles. The first-order chi connectivity index (χ1) is 14.2. The van der Waals surface area contributed by atoms with Gasteiger partial charge in [0.05, 0.1) is 0 Å². The second-order valence-corrected chi connectivity index (χ2v) is 7.91. The number of benzene rings is 2. The van der Waals surface area contributed by atoms with Gasteiger partial charge in [-0.2, -0.15) is 0 Å². The highest BCUT2D eigenvalue weighted by Crippen LogP contribution is 2.23. The Morgan fingerprint density at radius 2 is 1.97 bits per heavy atom. The number of anilines is 1. The Labute approximate surface area is 176 Å². The molecule has 0 saturated carbocycles. The van der Waals surface area contributed by atoms with Crippen molar-refractivity contribution in [3.05, 3.63) is 82.1 Å². The van der Waals surface area contributed by atoms with E-state index >= 15 is 0 Å². The maximum atomic E-state index is 12.2. The lowest BCUT2D eigenvalue weighted by atomic mass is 10.1. The summed E-state index contributed by atoms with van der Waals surface area (Å²) < 4.78 is 5.62. The maximum Gasteiger partial charge on any atom is 0.247 e. The number of carbonyl (C=O) groups is 1. The Balaban J connectivity index is 1.29. The Morgan fingerprint density at radius 1 is 1.10 bits per heavy atom. The molecule has 0 radical (unpaired) electrons. The van der Waals surface area contributed by atoms with Crippen LogP contribution in [0.25, 0.3) is 11.5 Å². The molecule has 2 aromatic carbocycles. The van der Waals surface area contributed by atoms with E-state index < -0.39 is 0 Å². The van der Waals surface area contributed by atoms with Crippen LogP contribution >= 0.6 is 22.9 Å². The smallest absolute Gasteiger partial charge is 0.247 e. The van der Waals surface area contributed by atoms with Crippen LogP contribution in [0, 0.1) is 0 Å². The molecule has 0 saturated heterocycles. The van der Waals surface area contributed by atoms with Crippen LogP contribution in [-0.2, 0) is 17.6 Å². The van der Waals surface area contributed by atoms with Crippen molar-refractivity contribution in [1.29, 1.82) is 0 Å². The molecule has 4 rings (SSSR count). The van der Waals surface area contributed by atoms with Crippen molar-refractivity contribution in [1.82, 2.24) is 15.2 Å². The van der Waals surface area contributed by atoms with Crippen LogP contribution in [0.3, 0.4) is 0 Å². The van der Waals surface area contributed by atoms with Crippen molar-refractivity contribution < 1.29 is 9.21 Å². The normalized spacial score (nSPS) is 10.8. The van der Waals surface area contributed by atoms with Crippen LogP contribution in [0.2, 0.25) is 5.02 Å². The highest BCUT2D eigenvalue weighted by molar-refractivity contribution is 7.15. The monoisotopic (exact) mass is 424 g/mol. The van der Waals surface area contributed by atoms with Gasteiger partial charge in [0.2, 0.25) is 17.7 Å². The van der Waals surface area contributed by atoms with E-state index in [0.29, 0.717) is 28.4 Å². The number of rotatable bonds is 7. The van der Waals surface area contributed by atoms with Crippen LogP contribution in [-0.4, -0.2) is 21.1 Å². The molecule has 8 heteroatoms. The quantitative estimate of drug-likeness (QED) is 0.451. The lowest BCUT2D eigenvalue weighted by molar-refractivity contribution is -0.116. The summed E-state index contributed by atoms with van der Waals surface area (Å²) >= 11 is 7.47. The van der Waals surface area contributed by atoms with Crippen LogP contribution in [0.15, 0.2) is 65.2 Å². The van der Waals surface area contributed by atoms with Gasteiger partial charge in [-0.15, -0.1) is 21.5 Å². The van der Waals surface area contributed by atoms with Gasteiger partial charge in [0.15, 0.2) is 5.13 Å². The predicted molar refractivity (Wildman–Crippen MR) is 113 cm³/mol. The summed E-state index contributed by atoms with van der Waals surface area (Å²) in [5.74, 6) is 0.736. The largest absolute Gasteiger partial charge is 0.421 e. The number of aryl methyl sites for hydroxylation is 1. The number of halogens is 1. The highest BCUT2D eigenvalue weighted by atomic mass is 35.5. The van der Waals surface area contributed by atoms with Gasteiger partial charge in [-0.1, -0.05) is 41.9 Å². The van der Waals surface area contributed by atoms with E-state index in [9.17, 15) is 4.79 Å². The molecule has 0 aliphatic carbocycles. The van der Waals surface area contributed by atoms with E-state index in [1.54, 1.807) is 6.20 Å². The molecule has 0 fully saturated rings. The van der Waals surface area contributed by atoms with Gasteiger partial charge in [-0.05, 0) is 29.8 Å². The van der Waals surface area contributed by atoms with Crippen molar-refractivity contribution in [2.75, 3.05) is 5.32 Å². The fourth-order valence-corrected chi connectivity index (χ4v) is 3.83. The number of amides is 1. The topological polar surface area (TPSA) is 80.9 Å². The number of thiazole rings is 1. The predicted octanol–water partition coefficient (Wildman–Crippen LogP) is 5.01. The van der Waals surface area contributed by atoms with Crippen molar-refractivity contribution in [3.63, 3.8) is 0 Å². The first kappa shape index (κ1) is 19.3. The zero-order chi connectivity index (χ0) is 20.1. The van der Waals surface area contributed by atoms with Gasteiger partial charge >= 0.3 is 0 Å². The second-order valence-electron chi connectivity index (χ2n) is 6.35. The van der Waals surface area contributed by atoms with E-state index in [-0.39, 0.29) is 12.3 Å². The van der Waals surface area contributed by atoms with Gasteiger partial charge in [0, 0.05) is 40.9 Å². The molecule has 2 aromatic heterocycles. The third-order valence-corrected chi connectivity index (χ3v) is 5.27. The summed E-state index contributed by atoms with van der Waals surface area (Å²) in [5.41, 5.74) is 1.95. The van der Waals surface area contributed by atoms with Gasteiger partial charge in [-0.25, -0.2) is 4.98 Å². The maximum absolute atomic E-state index is 12.2. The lowest BCUT2D eigenvalue weighted by Crippen LogP contribution is -2.12. The third kappa shape index (κ3) is 5.28. The zero-order valence-electron chi connectivity index (χ0n) is 15.3. The first-order valence-electron chi connectivity index (χ1n) is 9.02. The summed E-state index contributed by atoms with van der Waals surface area (Å²) in [4.78, 5) is 17.5. The fraction of sp³-hybridized carbons (Fsp3) is 0.143. The summed E-state index contributed by atoms with van der Waals surface area (Å²) in [5, 5.41) is 12.1. The number of nitrogens with zero attached hydrogens (tertiary/aromatic N) is 3. The number of aromatic nitrogens is 3. The van der Waals surface area contributed by atoms with Crippen LogP contribution in [0.1, 0.15) is 22.8 Å². The van der Waals surface area contributed by atoms with Gasteiger partial charge in [0.1, 0.15) is 0 Å². The molecule has 0 bridgehead atoms. The molecule has 146 valence electrons. The van der Waals surface area contributed by atoms with Crippen molar-refractivity contribution in [2.45, 2.75) is 19.3 Å². The molecule has 29 heavy (non-hydrogen) atoms. The number of carbonyl (C=O) groups excluding carboxylic acids is 1. The molecule has 0 spiro atoms. The summed E-state index contributed by atoms with van der Waals surface area (Å²) in [6, 6.07) is 17.2. The molecule has 4 aromatic rings. The zero-order valence-corrected chi connectivity index (χ0v) is 16.9. The van der Waals surface area contributed by atoms with E-state index in [0.717, 1.165) is 22.4 Å². The van der Waals surface area contributed by atoms with Crippen molar-refractivity contribution in [2.24, 2.45) is 0 Å². The van der Waals surface area contributed by atoms with E-state index in [1.807, 2.05) is 54.6 Å². The molecule has 6 nitrogen and oxygen atoms in total. The number of hydrogen-bond donors (Lipinski definition) is 1. The summed E-state index contributed by atoms with van der Waals surface area (Å²) in [6.07, 6.45) is 3.09. The Kier molecular flexibility index (Phi) is 5.97. The standard InChI is InChI=1S/C21H17ClN4O2S/c22-16-8-4-5-14(11-16)12-17-13-23-21(29-17)24-18(27)9-10-19-25-26-20(28-19)15-6-2-1-3-7-15/h1-8,11,13H,9-10,12H2,(H,23,24,27). The first-order valence-corrected chi connectivity index (χ1v) is 10.2. The van der Waals surface area contributed by atoms with Crippen LogP contribution in [0.4, 0.5) is 5.13 Å². The van der Waals surface area contributed by atoms with Gasteiger partial charge in [0.25, 0.3) is 0 Å². The molecular weight excluding hydrogens is 408 g/mol. The number of hydrogen-bond acceptors (Lipinski definition) is 6. The van der Waals surface area contributed by atoms with Crippen LogP contribution in [0.5, 0.6) is 0 Å². The Morgan fingerprint density at radius 3 is 2.79 bits per heavy atom. The highest BCUT2D eigenvalue weighted by Gasteiger charge is 2.12. The minimum atomic E-state index is -0.145. The summed E-state index contributed by atoms with van der Waals surface area (Å²) in [7, 11) is 0. The van der Waals surface area contributed by atoms with E-state index in [4.69, 9.17) is 16.0 Å². The number of nitrogens with one attached hydrogen (secondary N) is 1. The minimum Gasteiger partial charge on any atom is -0.421 e. The van der Waals surface area contributed by atoms with E-state index in [1.165, 1.54) is 11.3 Å². The molecule has 0 unspecified atom stereocenters. The van der Waals surface area contributed by atoms with Crippen LogP contribution < -0.4 is 5.32 Å². The van der Waals surface area contributed by atoms with Crippen molar-refractivity contribution in [3.8, 4) is 11.5 Å². The minimum absolute atomic E-state index is 0.145. The third-order valence-electron chi connectivity index (χ3n) is 4.12. The van der Waals surface area contributed by atoms with Gasteiger partial charge in [-0.3, -0.25) is 4.79 Å². The fourth-order valence-electron chi connectivity index (χ4n) is 2.75. The van der Waals surface area contributed by atoms with Gasteiger partial charge < -0.3 is 9.73 Å².